The van der Waals surface area contributed by atoms with Crippen molar-refractivity contribution in [3.8, 4) is 0 Å². The highest BCUT2D eigenvalue weighted by Crippen LogP contribution is 2.03. The molecule has 0 bridgehead atoms. The Labute approximate surface area is 88.5 Å². The summed E-state index contributed by atoms with van der Waals surface area (Å²) in [4.78, 5) is 11.5. The van der Waals surface area contributed by atoms with Crippen molar-refractivity contribution in [2.75, 3.05) is 7.05 Å². The zero-order chi connectivity index (χ0) is 10.6. The molecule has 0 atom stereocenters. The van der Waals surface area contributed by atoms with Crippen molar-refractivity contribution in [2.45, 2.75) is 6.92 Å². The van der Waals surface area contributed by atoms with E-state index in [9.17, 15) is 4.79 Å². The number of aryl methyl sites for hydroxylation is 1. The number of benzene rings is 1. The van der Waals surface area contributed by atoms with Crippen LogP contribution in [0.1, 0.15) is 15.9 Å². The Hall–Kier alpha value is -1.42. The fourth-order valence-corrected chi connectivity index (χ4v) is 1.12. The fourth-order valence-electron chi connectivity index (χ4n) is 1.02. The molecule has 1 aromatic carbocycles. The largest absolute Gasteiger partial charge is 0.365 e. The first-order valence-corrected chi connectivity index (χ1v) is 4.64. The molecule has 1 amide bonds. The van der Waals surface area contributed by atoms with Crippen LogP contribution >= 0.6 is 12.2 Å². The van der Waals surface area contributed by atoms with Crippen LogP contribution in [0.4, 0.5) is 0 Å². The number of carbonyl (C=O) groups is 1. The normalized spacial score (nSPS) is 9.29. The lowest BCUT2D eigenvalue weighted by atomic mass is 10.1. The quantitative estimate of drug-likeness (QED) is 0.682. The molecule has 0 saturated carbocycles. The molecule has 0 fully saturated rings. The first-order chi connectivity index (χ1) is 6.63. The summed E-state index contributed by atoms with van der Waals surface area (Å²) in [6, 6.07) is 7.34. The predicted molar refractivity (Wildman–Crippen MR) is 60.3 cm³/mol. The summed E-state index contributed by atoms with van der Waals surface area (Å²) in [6.07, 6.45) is 0. The van der Waals surface area contributed by atoms with Gasteiger partial charge in [-0.15, -0.1) is 0 Å². The molecule has 0 aromatic heterocycles. The van der Waals surface area contributed by atoms with Gasteiger partial charge in [-0.05, 0) is 31.3 Å². The minimum absolute atomic E-state index is 0.187. The van der Waals surface area contributed by atoms with Gasteiger partial charge >= 0.3 is 0 Å². The van der Waals surface area contributed by atoms with Crippen LogP contribution in [0, 0.1) is 6.92 Å². The number of rotatable bonds is 1. The van der Waals surface area contributed by atoms with Gasteiger partial charge in [-0.1, -0.05) is 17.7 Å². The first kappa shape index (κ1) is 10.7. The van der Waals surface area contributed by atoms with E-state index >= 15 is 0 Å². The molecule has 4 heteroatoms. The second kappa shape index (κ2) is 4.72. The number of nitrogens with one attached hydrogen (secondary N) is 2. The smallest absolute Gasteiger partial charge is 0.257 e. The minimum Gasteiger partial charge on any atom is -0.365 e. The van der Waals surface area contributed by atoms with Gasteiger partial charge in [-0.3, -0.25) is 10.1 Å². The lowest BCUT2D eigenvalue weighted by molar-refractivity contribution is 0.0977. The summed E-state index contributed by atoms with van der Waals surface area (Å²) in [5.41, 5.74) is 1.66. The van der Waals surface area contributed by atoms with Crippen molar-refractivity contribution in [2.24, 2.45) is 0 Å². The van der Waals surface area contributed by atoms with E-state index < -0.39 is 0 Å². The molecule has 0 radical (unpaired) electrons. The van der Waals surface area contributed by atoms with Crippen LogP contribution in [0.15, 0.2) is 24.3 Å². The molecule has 3 nitrogen and oxygen atoms in total. The fraction of sp³-hybridized carbons (Fsp3) is 0.200. The van der Waals surface area contributed by atoms with Gasteiger partial charge in [-0.25, -0.2) is 0 Å². The molecule has 0 aliphatic carbocycles. The molecule has 74 valence electrons. The second-order valence-electron chi connectivity index (χ2n) is 2.90. The average molecular weight is 208 g/mol. The number of carbonyl (C=O) groups excluding carboxylic acids is 1. The van der Waals surface area contributed by atoms with Crippen LogP contribution in [-0.4, -0.2) is 18.1 Å². The molecule has 1 aromatic rings. The Morgan fingerprint density at radius 1 is 1.43 bits per heavy atom. The zero-order valence-corrected chi connectivity index (χ0v) is 8.94. The Kier molecular flexibility index (Phi) is 3.59. The highest BCUT2D eigenvalue weighted by Gasteiger charge is 2.05. The van der Waals surface area contributed by atoms with Crippen molar-refractivity contribution in [1.82, 2.24) is 10.6 Å². The van der Waals surface area contributed by atoms with Crippen LogP contribution < -0.4 is 10.6 Å². The van der Waals surface area contributed by atoms with E-state index in [2.05, 4.69) is 10.6 Å². The van der Waals surface area contributed by atoms with E-state index in [0.29, 0.717) is 10.7 Å². The lowest BCUT2D eigenvalue weighted by Crippen LogP contribution is -2.37. The van der Waals surface area contributed by atoms with E-state index in [4.69, 9.17) is 12.2 Å². The second-order valence-corrected chi connectivity index (χ2v) is 3.31. The molecule has 0 heterocycles. The number of hydrogen-bond donors (Lipinski definition) is 2. The van der Waals surface area contributed by atoms with Crippen molar-refractivity contribution in [3.05, 3.63) is 35.4 Å². The van der Waals surface area contributed by atoms with Crippen LogP contribution in [-0.2, 0) is 0 Å². The highest BCUT2D eigenvalue weighted by atomic mass is 32.1. The van der Waals surface area contributed by atoms with E-state index in [1.54, 1.807) is 13.1 Å². The average Bonchev–Trinajstić information content (AvgIpc) is 2.17. The van der Waals surface area contributed by atoms with E-state index in [1.807, 2.05) is 25.1 Å². The van der Waals surface area contributed by atoms with Crippen LogP contribution in [0.3, 0.4) is 0 Å². The van der Waals surface area contributed by atoms with E-state index in [-0.39, 0.29) is 5.91 Å². The van der Waals surface area contributed by atoms with Gasteiger partial charge in [0.2, 0.25) is 0 Å². The highest BCUT2D eigenvalue weighted by molar-refractivity contribution is 7.80. The molecule has 0 aliphatic rings. The lowest BCUT2D eigenvalue weighted by Gasteiger charge is -2.05. The molecule has 0 unspecified atom stereocenters. The minimum atomic E-state index is -0.187. The summed E-state index contributed by atoms with van der Waals surface area (Å²) in [5.74, 6) is -0.187. The summed E-state index contributed by atoms with van der Waals surface area (Å²) in [5, 5.41) is 5.56. The molecule has 0 saturated heterocycles. The number of thiocarbonyl (C=S) groups is 1. The summed E-state index contributed by atoms with van der Waals surface area (Å²) in [6.45, 7) is 1.94. The Morgan fingerprint density at radius 3 is 2.71 bits per heavy atom. The standard InChI is InChI=1S/C10H12N2OS/c1-7-4-3-5-8(6-7)9(13)12-10(14)11-2/h3-6H,1-2H3,(H2,11,12,13,14). The third kappa shape index (κ3) is 2.81. The molecule has 14 heavy (non-hydrogen) atoms. The maximum absolute atomic E-state index is 11.5. The zero-order valence-electron chi connectivity index (χ0n) is 8.13. The van der Waals surface area contributed by atoms with Crippen LogP contribution in [0.25, 0.3) is 0 Å². The van der Waals surface area contributed by atoms with Gasteiger partial charge in [0.1, 0.15) is 0 Å². The summed E-state index contributed by atoms with van der Waals surface area (Å²) < 4.78 is 0. The molecule has 0 aliphatic heterocycles. The van der Waals surface area contributed by atoms with Crippen molar-refractivity contribution in [1.29, 1.82) is 0 Å². The predicted octanol–water partition coefficient (Wildman–Crippen LogP) is 1.23. The van der Waals surface area contributed by atoms with Gasteiger partial charge in [0.25, 0.3) is 5.91 Å². The summed E-state index contributed by atoms with van der Waals surface area (Å²) in [7, 11) is 1.67. The van der Waals surface area contributed by atoms with Gasteiger partial charge in [-0.2, -0.15) is 0 Å². The SMILES string of the molecule is CNC(=S)NC(=O)c1cccc(C)c1. The van der Waals surface area contributed by atoms with Crippen LogP contribution in [0.2, 0.25) is 0 Å². The molecular formula is C10H12N2OS. The van der Waals surface area contributed by atoms with Crippen molar-refractivity contribution >= 4 is 23.2 Å². The molecule has 2 N–H and O–H groups in total. The van der Waals surface area contributed by atoms with Gasteiger partial charge in [0.15, 0.2) is 5.11 Å². The van der Waals surface area contributed by atoms with E-state index in [1.165, 1.54) is 0 Å². The third-order valence-corrected chi connectivity index (χ3v) is 2.04. The summed E-state index contributed by atoms with van der Waals surface area (Å²) >= 11 is 4.82. The molecule has 1 rings (SSSR count). The Morgan fingerprint density at radius 2 is 2.14 bits per heavy atom. The van der Waals surface area contributed by atoms with E-state index in [0.717, 1.165) is 5.56 Å². The molecule has 0 spiro atoms. The van der Waals surface area contributed by atoms with Crippen LogP contribution in [0.5, 0.6) is 0 Å². The topological polar surface area (TPSA) is 41.1 Å². The van der Waals surface area contributed by atoms with Gasteiger partial charge in [0, 0.05) is 12.6 Å². The Bertz CT molecular complexity index is 363. The monoisotopic (exact) mass is 208 g/mol. The molecular weight excluding hydrogens is 196 g/mol. The Balaban J connectivity index is 2.75. The maximum Gasteiger partial charge on any atom is 0.257 e. The van der Waals surface area contributed by atoms with Gasteiger partial charge in [0.05, 0.1) is 0 Å². The number of amides is 1. The first-order valence-electron chi connectivity index (χ1n) is 4.23. The third-order valence-electron chi connectivity index (χ3n) is 1.73. The number of hydrogen-bond acceptors (Lipinski definition) is 2. The van der Waals surface area contributed by atoms with Crippen molar-refractivity contribution < 1.29 is 4.79 Å². The van der Waals surface area contributed by atoms with Gasteiger partial charge < -0.3 is 5.32 Å². The maximum atomic E-state index is 11.5. The van der Waals surface area contributed by atoms with Crippen molar-refractivity contribution in [3.63, 3.8) is 0 Å².